The summed E-state index contributed by atoms with van der Waals surface area (Å²) in [6.07, 6.45) is 1.20. The fourth-order valence-corrected chi connectivity index (χ4v) is 4.41. The standard InChI is InChI=1S/C16H22N2O2/c1-2-14-13-7-17-6-10(13)8-18(14)15-9-20-16-5-11(19)3-4-12(15)16/h3-5,10,13-15,17,19H,2,6-9H2,1H3. The number of ether oxygens (including phenoxy) is 1. The molecule has 0 radical (unpaired) electrons. The van der Waals surface area contributed by atoms with Crippen LogP contribution in [0, 0.1) is 11.8 Å². The molecule has 3 aliphatic rings. The molecule has 3 aliphatic heterocycles. The highest BCUT2D eigenvalue weighted by atomic mass is 16.5. The van der Waals surface area contributed by atoms with E-state index in [4.69, 9.17) is 4.74 Å². The Morgan fingerprint density at radius 1 is 1.40 bits per heavy atom. The largest absolute Gasteiger partial charge is 0.508 e. The summed E-state index contributed by atoms with van der Waals surface area (Å²) in [7, 11) is 0. The molecule has 1 aromatic carbocycles. The van der Waals surface area contributed by atoms with Gasteiger partial charge in [0, 0.05) is 24.2 Å². The molecular weight excluding hydrogens is 252 g/mol. The molecule has 0 bridgehead atoms. The fraction of sp³-hybridized carbons (Fsp3) is 0.625. The van der Waals surface area contributed by atoms with Crippen molar-refractivity contribution in [3.63, 3.8) is 0 Å². The van der Waals surface area contributed by atoms with Crippen molar-refractivity contribution in [3.8, 4) is 11.5 Å². The third-order valence-electron chi connectivity index (χ3n) is 5.33. The smallest absolute Gasteiger partial charge is 0.127 e. The average molecular weight is 274 g/mol. The van der Waals surface area contributed by atoms with Crippen LogP contribution in [0.5, 0.6) is 11.5 Å². The lowest BCUT2D eigenvalue weighted by atomic mass is 9.92. The highest BCUT2D eigenvalue weighted by molar-refractivity contribution is 5.44. The molecule has 0 amide bonds. The van der Waals surface area contributed by atoms with Crippen LogP contribution < -0.4 is 10.1 Å². The third-order valence-corrected chi connectivity index (χ3v) is 5.33. The van der Waals surface area contributed by atoms with Gasteiger partial charge in [0.1, 0.15) is 18.1 Å². The van der Waals surface area contributed by atoms with Crippen LogP contribution in [0.3, 0.4) is 0 Å². The highest BCUT2D eigenvalue weighted by Crippen LogP contribution is 2.44. The van der Waals surface area contributed by atoms with Crippen LogP contribution in [-0.4, -0.2) is 42.3 Å². The Morgan fingerprint density at radius 3 is 3.15 bits per heavy atom. The number of nitrogens with one attached hydrogen (secondary N) is 1. The van der Waals surface area contributed by atoms with E-state index in [1.54, 1.807) is 12.1 Å². The van der Waals surface area contributed by atoms with E-state index >= 15 is 0 Å². The maximum Gasteiger partial charge on any atom is 0.127 e. The van der Waals surface area contributed by atoms with Gasteiger partial charge in [-0.2, -0.15) is 0 Å². The van der Waals surface area contributed by atoms with Crippen molar-refractivity contribution in [1.29, 1.82) is 0 Å². The highest BCUT2D eigenvalue weighted by Gasteiger charge is 2.47. The van der Waals surface area contributed by atoms with Crippen LogP contribution in [0.1, 0.15) is 24.9 Å². The van der Waals surface area contributed by atoms with Gasteiger partial charge in [0.15, 0.2) is 0 Å². The lowest BCUT2D eigenvalue weighted by Crippen LogP contribution is -2.38. The first-order chi connectivity index (χ1) is 9.78. The molecule has 2 saturated heterocycles. The second-order valence-corrected chi connectivity index (χ2v) is 6.30. The van der Waals surface area contributed by atoms with Crippen molar-refractivity contribution in [2.24, 2.45) is 11.8 Å². The van der Waals surface area contributed by atoms with Crippen molar-refractivity contribution >= 4 is 0 Å². The zero-order valence-corrected chi connectivity index (χ0v) is 11.9. The molecular formula is C16H22N2O2. The normalized spacial score (nSPS) is 35.9. The maximum atomic E-state index is 9.58. The lowest BCUT2D eigenvalue weighted by Gasteiger charge is -2.31. The predicted octanol–water partition coefficient (Wildman–Crippen LogP) is 1.76. The van der Waals surface area contributed by atoms with Crippen molar-refractivity contribution in [2.45, 2.75) is 25.4 Å². The number of nitrogens with zero attached hydrogens (tertiary/aromatic N) is 1. The average Bonchev–Trinajstić information content (AvgIpc) is 3.09. The summed E-state index contributed by atoms with van der Waals surface area (Å²) in [5.74, 6) is 2.74. The third kappa shape index (κ3) is 1.75. The van der Waals surface area contributed by atoms with E-state index in [0.717, 1.165) is 37.3 Å². The van der Waals surface area contributed by atoms with Crippen molar-refractivity contribution < 1.29 is 9.84 Å². The summed E-state index contributed by atoms with van der Waals surface area (Å²) in [6, 6.07) is 6.57. The van der Waals surface area contributed by atoms with Crippen molar-refractivity contribution in [1.82, 2.24) is 10.2 Å². The Balaban J connectivity index is 1.63. The van der Waals surface area contributed by atoms with Gasteiger partial charge in [0.25, 0.3) is 0 Å². The minimum atomic E-state index is 0.291. The lowest BCUT2D eigenvalue weighted by molar-refractivity contribution is 0.130. The summed E-state index contributed by atoms with van der Waals surface area (Å²) < 4.78 is 5.80. The van der Waals surface area contributed by atoms with E-state index in [2.05, 4.69) is 17.1 Å². The summed E-state index contributed by atoms with van der Waals surface area (Å²) in [6.45, 7) is 6.52. The van der Waals surface area contributed by atoms with E-state index in [1.807, 2.05) is 6.07 Å². The molecule has 4 atom stereocenters. The van der Waals surface area contributed by atoms with E-state index < -0.39 is 0 Å². The van der Waals surface area contributed by atoms with Gasteiger partial charge < -0.3 is 15.2 Å². The number of phenols is 1. The molecule has 20 heavy (non-hydrogen) atoms. The molecule has 0 aliphatic carbocycles. The summed E-state index contributed by atoms with van der Waals surface area (Å²) in [5, 5.41) is 13.1. The molecule has 0 saturated carbocycles. The molecule has 2 N–H and O–H groups in total. The molecule has 4 nitrogen and oxygen atoms in total. The number of fused-ring (bicyclic) bond motifs is 2. The van der Waals surface area contributed by atoms with Gasteiger partial charge in [0.2, 0.25) is 0 Å². The quantitative estimate of drug-likeness (QED) is 0.862. The van der Waals surface area contributed by atoms with Crippen molar-refractivity contribution in [3.05, 3.63) is 23.8 Å². The van der Waals surface area contributed by atoms with Crippen LogP contribution in [0.25, 0.3) is 0 Å². The Bertz CT molecular complexity index is 519. The minimum absolute atomic E-state index is 0.291. The zero-order valence-electron chi connectivity index (χ0n) is 11.9. The van der Waals surface area contributed by atoms with Crippen molar-refractivity contribution in [2.75, 3.05) is 26.2 Å². The van der Waals surface area contributed by atoms with E-state index in [1.165, 1.54) is 18.5 Å². The number of phenolic OH excluding ortho intramolecular Hbond substituents is 1. The number of aromatic hydroxyl groups is 1. The van der Waals surface area contributed by atoms with Gasteiger partial charge in [-0.05, 0) is 43.5 Å². The number of likely N-dealkylation sites (tertiary alicyclic amines) is 1. The molecule has 1 aromatic rings. The predicted molar refractivity (Wildman–Crippen MR) is 77.0 cm³/mol. The van der Waals surface area contributed by atoms with Crippen LogP contribution in [0.15, 0.2) is 18.2 Å². The Kier molecular flexibility index (Phi) is 2.89. The van der Waals surface area contributed by atoms with E-state index in [9.17, 15) is 5.11 Å². The van der Waals surface area contributed by atoms with Crippen LogP contribution in [-0.2, 0) is 0 Å². The summed E-state index contributed by atoms with van der Waals surface area (Å²) in [4.78, 5) is 2.65. The van der Waals surface area contributed by atoms with Gasteiger partial charge in [-0.25, -0.2) is 0 Å². The molecule has 3 heterocycles. The summed E-state index contributed by atoms with van der Waals surface area (Å²) >= 11 is 0. The molecule has 4 heteroatoms. The number of hydrogen-bond donors (Lipinski definition) is 2. The fourth-order valence-electron chi connectivity index (χ4n) is 4.41. The van der Waals surface area contributed by atoms with Gasteiger partial charge in [-0.15, -0.1) is 0 Å². The first-order valence-electron chi connectivity index (χ1n) is 7.70. The molecule has 2 fully saturated rings. The Morgan fingerprint density at radius 2 is 2.30 bits per heavy atom. The summed E-state index contributed by atoms with van der Waals surface area (Å²) in [5.41, 5.74) is 1.24. The first-order valence-corrected chi connectivity index (χ1v) is 7.70. The maximum absolute atomic E-state index is 9.58. The molecule has 108 valence electrons. The molecule has 0 spiro atoms. The number of hydrogen-bond acceptors (Lipinski definition) is 4. The van der Waals surface area contributed by atoms with Gasteiger partial charge in [0.05, 0.1) is 6.04 Å². The molecule has 4 unspecified atom stereocenters. The minimum Gasteiger partial charge on any atom is -0.508 e. The Hall–Kier alpha value is -1.26. The van der Waals surface area contributed by atoms with Gasteiger partial charge in [-0.3, -0.25) is 4.90 Å². The SMILES string of the molecule is CCC1C2CNCC2CN1C1COc2cc(O)ccc21. The number of benzene rings is 1. The van der Waals surface area contributed by atoms with Crippen LogP contribution in [0.4, 0.5) is 0 Å². The van der Waals surface area contributed by atoms with Crippen LogP contribution in [0.2, 0.25) is 0 Å². The van der Waals surface area contributed by atoms with E-state index in [0.29, 0.717) is 17.8 Å². The van der Waals surface area contributed by atoms with Crippen LogP contribution >= 0.6 is 0 Å². The monoisotopic (exact) mass is 274 g/mol. The first kappa shape index (κ1) is 12.5. The van der Waals surface area contributed by atoms with E-state index in [-0.39, 0.29) is 0 Å². The second kappa shape index (κ2) is 4.64. The molecule has 0 aromatic heterocycles. The zero-order chi connectivity index (χ0) is 13.7. The second-order valence-electron chi connectivity index (χ2n) is 6.30. The molecule has 4 rings (SSSR count). The van der Waals surface area contributed by atoms with Gasteiger partial charge in [-0.1, -0.05) is 6.92 Å². The number of rotatable bonds is 2. The van der Waals surface area contributed by atoms with Gasteiger partial charge >= 0.3 is 0 Å². The topological polar surface area (TPSA) is 44.7 Å². The Labute approximate surface area is 119 Å².